The first-order valence-electron chi connectivity index (χ1n) is 7.99. The van der Waals surface area contributed by atoms with Crippen LogP contribution in [0.15, 0.2) is 81.9 Å². The van der Waals surface area contributed by atoms with Crippen molar-refractivity contribution >= 4 is 32.6 Å². The zero-order chi connectivity index (χ0) is 19.0. The SMILES string of the molecule is CSc1ncc2cc(S(=O)(=O)c3ccccc3)n(-c3ccc(F)cc3)c2n1. The fourth-order valence-electron chi connectivity index (χ4n) is 2.81. The van der Waals surface area contributed by atoms with Gasteiger partial charge in [-0.3, -0.25) is 4.57 Å². The number of thioether (sulfide) groups is 1. The predicted molar refractivity (Wildman–Crippen MR) is 102 cm³/mol. The standard InChI is InChI=1S/C19H14FN3O2S2/c1-26-19-21-12-13-11-17(27(24,25)16-5-3-2-4-6-16)23(18(13)22-19)15-9-7-14(20)8-10-15/h2-12H,1H3. The van der Waals surface area contributed by atoms with Gasteiger partial charge in [0.05, 0.1) is 4.90 Å². The summed E-state index contributed by atoms with van der Waals surface area (Å²) in [6, 6.07) is 15.4. The maximum atomic E-state index is 13.4. The van der Waals surface area contributed by atoms with E-state index in [1.807, 2.05) is 6.26 Å². The molecule has 4 aromatic rings. The maximum Gasteiger partial charge on any atom is 0.222 e. The van der Waals surface area contributed by atoms with E-state index in [9.17, 15) is 12.8 Å². The van der Waals surface area contributed by atoms with Gasteiger partial charge in [-0.25, -0.2) is 22.8 Å². The van der Waals surface area contributed by atoms with Crippen molar-refractivity contribution in [3.05, 3.63) is 72.7 Å². The van der Waals surface area contributed by atoms with Crippen LogP contribution < -0.4 is 0 Å². The van der Waals surface area contributed by atoms with Crippen molar-refractivity contribution in [2.75, 3.05) is 6.26 Å². The molecule has 4 rings (SSSR count). The molecule has 0 saturated carbocycles. The minimum atomic E-state index is -3.81. The van der Waals surface area contributed by atoms with Crippen LogP contribution in [-0.2, 0) is 9.84 Å². The third kappa shape index (κ3) is 3.11. The second kappa shape index (κ2) is 6.79. The number of nitrogens with zero attached hydrogens (tertiary/aromatic N) is 3. The predicted octanol–water partition coefficient (Wildman–Crippen LogP) is 4.11. The molecule has 0 spiro atoms. The van der Waals surface area contributed by atoms with Gasteiger partial charge >= 0.3 is 0 Å². The molecule has 0 N–H and O–H groups in total. The van der Waals surface area contributed by atoms with Gasteiger partial charge in [0.25, 0.3) is 0 Å². The molecular weight excluding hydrogens is 385 g/mol. The lowest BCUT2D eigenvalue weighted by atomic mass is 10.3. The van der Waals surface area contributed by atoms with Gasteiger partial charge in [-0.1, -0.05) is 30.0 Å². The molecule has 0 atom stereocenters. The maximum absolute atomic E-state index is 13.4. The normalized spacial score (nSPS) is 11.8. The molecular formula is C19H14FN3O2S2. The molecule has 2 heterocycles. The third-order valence-corrected chi connectivity index (χ3v) is 6.39. The molecule has 0 saturated heterocycles. The molecule has 0 unspecified atom stereocenters. The smallest absolute Gasteiger partial charge is 0.222 e. The quantitative estimate of drug-likeness (QED) is 0.382. The van der Waals surface area contributed by atoms with Gasteiger partial charge in [0.2, 0.25) is 9.84 Å². The van der Waals surface area contributed by atoms with Crippen molar-refractivity contribution in [3.63, 3.8) is 0 Å². The molecule has 0 fully saturated rings. The molecule has 0 aliphatic heterocycles. The Morgan fingerprint density at radius 3 is 2.41 bits per heavy atom. The Morgan fingerprint density at radius 2 is 1.74 bits per heavy atom. The summed E-state index contributed by atoms with van der Waals surface area (Å²) in [5, 5.41) is 1.17. The van der Waals surface area contributed by atoms with Crippen LogP contribution in [0.3, 0.4) is 0 Å². The van der Waals surface area contributed by atoms with Gasteiger partial charge in [-0.2, -0.15) is 0 Å². The van der Waals surface area contributed by atoms with E-state index < -0.39 is 15.7 Å². The van der Waals surface area contributed by atoms with Crippen molar-refractivity contribution in [1.29, 1.82) is 0 Å². The highest BCUT2D eigenvalue weighted by Gasteiger charge is 2.25. The van der Waals surface area contributed by atoms with E-state index >= 15 is 0 Å². The minimum absolute atomic E-state index is 0.0582. The van der Waals surface area contributed by atoms with Crippen molar-refractivity contribution in [1.82, 2.24) is 14.5 Å². The van der Waals surface area contributed by atoms with Crippen LogP contribution in [0.4, 0.5) is 4.39 Å². The highest BCUT2D eigenvalue weighted by atomic mass is 32.2. The third-order valence-electron chi connectivity index (χ3n) is 4.08. The van der Waals surface area contributed by atoms with E-state index in [0.29, 0.717) is 21.9 Å². The van der Waals surface area contributed by atoms with Crippen molar-refractivity contribution in [2.24, 2.45) is 0 Å². The molecule has 0 radical (unpaired) electrons. The monoisotopic (exact) mass is 399 g/mol. The van der Waals surface area contributed by atoms with Crippen LogP contribution in [0.25, 0.3) is 16.7 Å². The average Bonchev–Trinajstić information content (AvgIpc) is 3.08. The number of halogens is 1. The lowest BCUT2D eigenvalue weighted by Gasteiger charge is -2.11. The van der Waals surface area contributed by atoms with Crippen LogP contribution in [0.5, 0.6) is 0 Å². The van der Waals surface area contributed by atoms with Crippen LogP contribution in [0.2, 0.25) is 0 Å². The first-order valence-corrected chi connectivity index (χ1v) is 10.7. The average molecular weight is 399 g/mol. The number of hydrogen-bond acceptors (Lipinski definition) is 5. The fraction of sp³-hybridized carbons (Fsp3) is 0.0526. The summed E-state index contributed by atoms with van der Waals surface area (Å²) in [7, 11) is -3.81. The van der Waals surface area contributed by atoms with E-state index in [0.717, 1.165) is 0 Å². The van der Waals surface area contributed by atoms with Gasteiger partial charge in [0, 0.05) is 17.3 Å². The second-order valence-corrected chi connectivity index (χ2v) is 8.42. The molecule has 0 aliphatic rings. The molecule has 0 aliphatic carbocycles. The number of benzene rings is 2. The van der Waals surface area contributed by atoms with Crippen molar-refractivity contribution in [3.8, 4) is 5.69 Å². The molecule has 8 heteroatoms. The summed E-state index contributed by atoms with van der Waals surface area (Å²) >= 11 is 1.36. The van der Waals surface area contributed by atoms with E-state index in [2.05, 4.69) is 9.97 Å². The van der Waals surface area contributed by atoms with E-state index in [4.69, 9.17) is 0 Å². The number of hydrogen-bond donors (Lipinski definition) is 0. The summed E-state index contributed by atoms with van der Waals surface area (Å²) < 4.78 is 41.5. The lowest BCUT2D eigenvalue weighted by molar-refractivity contribution is 0.590. The van der Waals surface area contributed by atoms with Gasteiger partial charge in [0.1, 0.15) is 16.5 Å². The number of fused-ring (bicyclic) bond motifs is 1. The van der Waals surface area contributed by atoms with Gasteiger partial charge < -0.3 is 0 Å². The van der Waals surface area contributed by atoms with Gasteiger partial charge in [-0.05, 0) is 48.7 Å². The van der Waals surface area contributed by atoms with E-state index in [-0.39, 0.29) is 9.92 Å². The molecule has 27 heavy (non-hydrogen) atoms. The fourth-order valence-corrected chi connectivity index (χ4v) is 4.61. The Kier molecular flexibility index (Phi) is 4.45. The molecule has 136 valence electrons. The van der Waals surface area contributed by atoms with Gasteiger partial charge in [0.15, 0.2) is 5.16 Å². The van der Waals surface area contributed by atoms with Crippen molar-refractivity contribution < 1.29 is 12.8 Å². The van der Waals surface area contributed by atoms with Crippen molar-refractivity contribution in [2.45, 2.75) is 15.1 Å². The Hall–Kier alpha value is -2.71. The summed E-state index contributed by atoms with van der Waals surface area (Å²) in [4.78, 5) is 8.88. The molecule has 0 bridgehead atoms. The Bertz CT molecular complexity index is 1220. The van der Waals surface area contributed by atoms with E-state index in [1.54, 1.807) is 42.6 Å². The largest absolute Gasteiger partial charge is 0.284 e. The summed E-state index contributed by atoms with van der Waals surface area (Å²) in [6.07, 6.45) is 3.44. The van der Waals surface area contributed by atoms with Crippen LogP contribution in [-0.4, -0.2) is 29.2 Å². The minimum Gasteiger partial charge on any atom is -0.284 e. The highest BCUT2D eigenvalue weighted by Crippen LogP contribution is 2.30. The second-order valence-electron chi connectivity index (χ2n) is 5.75. The van der Waals surface area contributed by atoms with Crippen LogP contribution in [0.1, 0.15) is 0 Å². The number of aromatic nitrogens is 3. The summed E-state index contributed by atoms with van der Waals surface area (Å²) in [5.41, 5.74) is 0.960. The zero-order valence-corrected chi connectivity index (χ0v) is 15.8. The first kappa shape index (κ1) is 17.7. The Morgan fingerprint density at radius 1 is 1.04 bits per heavy atom. The molecule has 5 nitrogen and oxygen atoms in total. The van der Waals surface area contributed by atoms with E-state index in [1.165, 1.54) is 40.6 Å². The summed E-state index contributed by atoms with van der Waals surface area (Å²) in [5.74, 6) is -0.401. The van der Waals surface area contributed by atoms with Gasteiger partial charge in [-0.15, -0.1) is 0 Å². The molecule has 0 amide bonds. The van der Waals surface area contributed by atoms with Crippen LogP contribution in [0, 0.1) is 5.82 Å². The topological polar surface area (TPSA) is 64.8 Å². The molecule has 2 aromatic heterocycles. The number of rotatable bonds is 4. The first-order chi connectivity index (χ1) is 13.0. The highest BCUT2D eigenvalue weighted by molar-refractivity contribution is 7.98. The Labute approximate surface area is 159 Å². The van der Waals surface area contributed by atoms with Crippen LogP contribution >= 0.6 is 11.8 Å². The lowest BCUT2D eigenvalue weighted by Crippen LogP contribution is -2.09. The Balaban J connectivity index is 2.06. The summed E-state index contributed by atoms with van der Waals surface area (Å²) in [6.45, 7) is 0. The zero-order valence-electron chi connectivity index (χ0n) is 14.2. The number of sulfone groups is 1. The molecule has 2 aromatic carbocycles.